The molecule has 25 heavy (non-hydrogen) atoms. The van der Waals surface area contributed by atoms with Crippen LogP contribution in [0.2, 0.25) is 0 Å². The van der Waals surface area contributed by atoms with Gasteiger partial charge in [-0.1, -0.05) is 23.1 Å². The van der Waals surface area contributed by atoms with Gasteiger partial charge in [0.2, 0.25) is 4.96 Å². The van der Waals surface area contributed by atoms with Gasteiger partial charge in [0.05, 0.1) is 20.0 Å². The van der Waals surface area contributed by atoms with E-state index in [-0.39, 0.29) is 22.8 Å². The fourth-order valence-electron chi connectivity index (χ4n) is 2.05. The number of benzene rings is 1. The number of hydrogen-bond acceptors (Lipinski definition) is 9. The molecule has 0 radical (unpaired) electrons. The van der Waals surface area contributed by atoms with Gasteiger partial charge in [-0.2, -0.15) is 4.52 Å². The fourth-order valence-corrected chi connectivity index (χ4v) is 3.82. The average Bonchev–Trinajstić information content (AvgIpc) is 3.06. The molecule has 0 saturated heterocycles. The summed E-state index contributed by atoms with van der Waals surface area (Å²) in [5.41, 5.74) is 0.485. The Morgan fingerprint density at radius 1 is 1.24 bits per heavy atom. The Labute approximate surface area is 150 Å². The van der Waals surface area contributed by atoms with Crippen molar-refractivity contribution in [2.75, 3.05) is 20.0 Å². The maximum absolute atomic E-state index is 12.4. The standard InChI is InChI=1S/C15H14N4O4S2/c1-8-13(21)19-14(17-16-8)25-15(18-19)24-7-10(20)9-4-5-11(22-2)12(6-9)23-3/h4-6H,7H2,1-3H3. The quantitative estimate of drug-likeness (QED) is 0.474. The van der Waals surface area contributed by atoms with Gasteiger partial charge < -0.3 is 9.47 Å². The summed E-state index contributed by atoms with van der Waals surface area (Å²) in [6.07, 6.45) is 0. The van der Waals surface area contributed by atoms with Crippen molar-refractivity contribution in [3.8, 4) is 11.5 Å². The number of carbonyl (C=O) groups excluding carboxylic acids is 1. The number of ether oxygens (including phenoxy) is 2. The SMILES string of the molecule is COc1ccc(C(=O)CSc2nn3c(=O)c(C)nnc3s2)cc1OC. The minimum absolute atomic E-state index is 0.0835. The van der Waals surface area contributed by atoms with Crippen molar-refractivity contribution in [1.29, 1.82) is 0 Å². The topological polar surface area (TPSA) is 95.7 Å². The summed E-state index contributed by atoms with van der Waals surface area (Å²) in [4.78, 5) is 24.7. The molecule has 130 valence electrons. The number of ketones is 1. The molecule has 0 unspecified atom stereocenters. The van der Waals surface area contributed by atoms with Crippen LogP contribution in [0.5, 0.6) is 11.5 Å². The molecule has 1 aromatic carbocycles. The molecule has 0 bridgehead atoms. The Kier molecular flexibility index (Phi) is 5.00. The van der Waals surface area contributed by atoms with Gasteiger partial charge in [0.1, 0.15) is 5.69 Å². The highest BCUT2D eigenvalue weighted by atomic mass is 32.2. The van der Waals surface area contributed by atoms with Crippen LogP contribution in [0.1, 0.15) is 16.1 Å². The molecular weight excluding hydrogens is 364 g/mol. The molecule has 10 heteroatoms. The number of rotatable bonds is 6. The van der Waals surface area contributed by atoms with Gasteiger partial charge in [0, 0.05) is 5.56 Å². The molecule has 0 aliphatic heterocycles. The molecule has 2 heterocycles. The van der Waals surface area contributed by atoms with Crippen LogP contribution >= 0.6 is 23.1 Å². The molecular formula is C15H14N4O4S2. The highest BCUT2D eigenvalue weighted by molar-refractivity contribution is 8.01. The fraction of sp³-hybridized carbons (Fsp3) is 0.267. The first-order valence-corrected chi connectivity index (χ1v) is 8.95. The molecule has 0 fully saturated rings. The highest BCUT2D eigenvalue weighted by Crippen LogP contribution is 2.29. The van der Waals surface area contributed by atoms with E-state index in [2.05, 4.69) is 15.3 Å². The van der Waals surface area contributed by atoms with Crippen LogP contribution in [0.25, 0.3) is 4.96 Å². The number of methoxy groups -OCH3 is 2. The summed E-state index contributed by atoms with van der Waals surface area (Å²) in [7, 11) is 3.05. The van der Waals surface area contributed by atoms with Crippen LogP contribution in [0.15, 0.2) is 27.3 Å². The van der Waals surface area contributed by atoms with Gasteiger partial charge in [-0.15, -0.1) is 15.3 Å². The molecule has 3 rings (SSSR count). The van der Waals surface area contributed by atoms with E-state index in [4.69, 9.17) is 9.47 Å². The second-order valence-electron chi connectivity index (χ2n) is 4.93. The second kappa shape index (κ2) is 7.19. The van der Waals surface area contributed by atoms with E-state index < -0.39 is 0 Å². The molecule has 0 amide bonds. The van der Waals surface area contributed by atoms with E-state index in [1.165, 1.54) is 41.8 Å². The number of Topliss-reactive ketones (excluding diaryl/α,β-unsaturated/α-hetero) is 1. The van der Waals surface area contributed by atoms with E-state index in [9.17, 15) is 9.59 Å². The Bertz CT molecular complexity index is 999. The minimum atomic E-state index is -0.306. The number of aromatic nitrogens is 4. The van der Waals surface area contributed by atoms with E-state index in [1.807, 2.05) is 0 Å². The lowest BCUT2D eigenvalue weighted by atomic mass is 10.1. The van der Waals surface area contributed by atoms with E-state index >= 15 is 0 Å². The van der Waals surface area contributed by atoms with Crippen LogP contribution in [0.3, 0.4) is 0 Å². The van der Waals surface area contributed by atoms with E-state index in [0.717, 1.165) is 0 Å². The largest absolute Gasteiger partial charge is 0.493 e. The zero-order valence-electron chi connectivity index (χ0n) is 13.7. The smallest absolute Gasteiger partial charge is 0.296 e. The lowest BCUT2D eigenvalue weighted by Gasteiger charge is -2.08. The van der Waals surface area contributed by atoms with Crippen molar-refractivity contribution in [2.24, 2.45) is 0 Å². The van der Waals surface area contributed by atoms with Crippen molar-refractivity contribution in [3.05, 3.63) is 39.8 Å². The summed E-state index contributed by atoms with van der Waals surface area (Å²) in [5, 5.41) is 11.9. The third-order valence-electron chi connectivity index (χ3n) is 3.36. The number of aryl methyl sites for hydroxylation is 1. The molecule has 8 nitrogen and oxygen atoms in total. The van der Waals surface area contributed by atoms with E-state index in [1.54, 1.807) is 25.1 Å². The lowest BCUT2D eigenvalue weighted by molar-refractivity contribution is 0.102. The first kappa shape index (κ1) is 17.4. The molecule has 3 aromatic rings. The van der Waals surface area contributed by atoms with E-state index in [0.29, 0.717) is 26.4 Å². The van der Waals surface area contributed by atoms with Crippen LogP contribution in [0, 0.1) is 6.92 Å². The van der Waals surface area contributed by atoms with Gasteiger partial charge in [0.25, 0.3) is 5.56 Å². The first-order valence-electron chi connectivity index (χ1n) is 7.14. The van der Waals surface area contributed by atoms with Crippen LogP contribution in [0.4, 0.5) is 0 Å². The Balaban J connectivity index is 1.76. The Hall–Kier alpha value is -2.46. The predicted molar refractivity (Wildman–Crippen MR) is 94.3 cm³/mol. The second-order valence-corrected chi connectivity index (χ2v) is 7.11. The first-order chi connectivity index (χ1) is 12.0. The van der Waals surface area contributed by atoms with Gasteiger partial charge in [-0.3, -0.25) is 9.59 Å². The Morgan fingerprint density at radius 3 is 2.72 bits per heavy atom. The van der Waals surface area contributed by atoms with Gasteiger partial charge in [-0.05, 0) is 25.1 Å². The summed E-state index contributed by atoms with van der Waals surface area (Å²) < 4.78 is 12.1. The van der Waals surface area contributed by atoms with Gasteiger partial charge >= 0.3 is 0 Å². The van der Waals surface area contributed by atoms with Crippen molar-refractivity contribution in [2.45, 2.75) is 11.3 Å². The zero-order chi connectivity index (χ0) is 18.0. The number of hydrogen-bond donors (Lipinski definition) is 0. The number of carbonyl (C=O) groups is 1. The molecule has 0 aliphatic carbocycles. The summed E-state index contributed by atoms with van der Waals surface area (Å²) in [6.45, 7) is 1.58. The molecule has 0 N–H and O–H groups in total. The van der Waals surface area contributed by atoms with Crippen LogP contribution < -0.4 is 15.0 Å². The molecule has 0 atom stereocenters. The lowest BCUT2D eigenvalue weighted by Crippen LogP contribution is -2.19. The number of thioether (sulfide) groups is 1. The number of fused-ring (bicyclic) bond motifs is 1. The predicted octanol–water partition coefficient (Wildman–Crippen LogP) is 1.85. The molecule has 0 aliphatic rings. The third-order valence-corrected chi connectivity index (χ3v) is 5.39. The summed E-state index contributed by atoms with van der Waals surface area (Å²) in [6, 6.07) is 5.01. The normalized spacial score (nSPS) is 10.8. The monoisotopic (exact) mass is 378 g/mol. The Morgan fingerprint density at radius 2 is 2.00 bits per heavy atom. The van der Waals surface area contributed by atoms with Crippen LogP contribution in [-0.2, 0) is 0 Å². The minimum Gasteiger partial charge on any atom is -0.493 e. The van der Waals surface area contributed by atoms with Crippen molar-refractivity contribution in [1.82, 2.24) is 19.8 Å². The third kappa shape index (κ3) is 3.49. The van der Waals surface area contributed by atoms with Crippen molar-refractivity contribution < 1.29 is 14.3 Å². The summed E-state index contributed by atoms with van der Waals surface area (Å²) >= 11 is 2.46. The highest BCUT2D eigenvalue weighted by Gasteiger charge is 2.14. The maximum Gasteiger partial charge on any atom is 0.296 e. The van der Waals surface area contributed by atoms with Gasteiger partial charge in [-0.25, -0.2) is 0 Å². The molecule has 0 spiro atoms. The summed E-state index contributed by atoms with van der Waals surface area (Å²) in [5.74, 6) is 1.15. The average molecular weight is 378 g/mol. The molecule has 0 saturated carbocycles. The zero-order valence-corrected chi connectivity index (χ0v) is 15.3. The van der Waals surface area contributed by atoms with Crippen molar-refractivity contribution in [3.63, 3.8) is 0 Å². The van der Waals surface area contributed by atoms with Gasteiger partial charge in [0.15, 0.2) is 21.6 Å². The molecule has 2 aromatic heterocycles. The van der Waals surface area contributed by atoms with Crippen molar-refractivity contribution >= 4 is 33.8 Å². The van der Waals surface area contributed by atoms with Crippen LogP contribution in [-0.4, -0.2) is 45.6 Å². The number of nitrogens with zero attached hydrogens (tertiary/aromatic N) is 4. The maximum atomic E-state index is 12.4.